The van der Waals surface area contributed by atoms with Gasteiger partial charge in [-0.2, -0.15) is 0 Å². The molecule has 0 aromatic heterocycles. The van der Waals surface area contributed by atoms with E-state index in [-0.39, 0.29) is 32.9 Å². The highest BCUT2D eigenvalue weighted by Crippen LogP contribution is 2.35. The SMILES string of the molecule is F.F.F.F.F.F.F.c1ccc(-c2ccc(-c3cc(-c4ccc(-c5ccccc5)cc4)cc(-c4ccc(-c5ccccc5)cc4)c3)cc2)cc1. The highest BCUT2D eigenvalue weighted by Gasteiger charge is 2.09. The van der Waals surface area contributed by atoms with Gasteiger partial charge in [0.25, 0.3) is 0 Å². The third-order valence-electron chi connectivity index (χ3n) is 7.91. The van der Waals surface area contributed by atoms with Crippen molar-refractivity contribution in [2.45, 2.75) is 0 Å². The van der Waals surface area contributed by atoms with Gasteiger partial charge in [-0.3, -0.25) is 32.9 Å². The van der Waals surface area contributed by atoms with Crippen molar-refractivity contribution in [1.82, 2.24) is 0 Å². The number of hydrogen-bond acceptors (Lipinski definition) is 0. The van der Waals surface area contributed by atoms with Crippen LogP contribution in [0.2, 0.25) is 0 Å². The molecular formula is C42H37F7. The van der Waals surface area contributed by atoms with Crippen LogP contribution in [-0.4, -0.2) is 0 Å². The largest absolute Gasteiger partial charge is 0.269 e. The van der Waals surface area contributed by atoms with E-state index < -0.39 is 0 Å². The quantitative estimate of drug-likeness (QED) is 0.154. The standard InChI is InChI=1S/C42H30.7FH/c1-4-10-31(11-5-1)34-16-22-37(23-17-34)40-28-41(38-24-18-35(19-25-38)32-12-6-2-7-13-32)30-42(29-40)39-26-20-36(21-27-39)33-14-8-3-9-15-33;;;;;;;/h1-30H;7*1H. The topological polar surface area (TPSA) is 0 Å². The van der Waals surface area contributed by atoms with Crippen molar-refractivity contribution in [2.75, 3.05) is 0 Å². The Morgan fingerprint density at radius 2 is 0.286 bits per heavy atom. The van der Waals surface area contributed by atoms with Crippen molar-refractivity contribution >= 4 is 0 Å². The minimum absolute atomic E-state index is 0. The van der Waals surface area contributed by atoms with Gasteiger partial charge in [-0.15, -0.1) is 0 Å². The molecular weight excluding hydrogens is 637 g/mol. The van der Waals surface area contributed by atoms with Crippen LogP contribution in [0, 0.1) is 0 Å². The summed E-state index contributed by atoms with van der Waals surface area (Å²) in [5.41, 5.74) is 14.6. The van der Waals surface area contributed by atoms with Gasteiger partial charge in [-0.1, -0.05) is 164 Å². The summed E-state index contributed by atoms with van der Waals surface area (Å²) in [6.45, 7) is 0. The van der Waals surface area contributed by atoms with Crippen molar-refractivity contribution in [3.05, 3.63) is 182 Å². The molecule has 0 aliphatic carbocycles. The molecule has 0 amide bonds. The van der Waals surface area contributed by atoms with Crippen molar-refractivity contribution in [3.8, 4) is 66.8 Å². The fraction of sp³-hybridized carbons (Fsp3) is 0. The van der Waals surface area contributed by atoms with Crippen LogP contribution in [0.25, 0.3) is 66.8 Å². The Balaban J connectivity index is 0.00000329. The van der Waals surface area contributed by atoms with E-state index in [1.165, 1.54) is 66.8 Å². The number of benzene rings is 7. The molecule has 0 aliphatic heterocycles. The summed E-state index contributed by atoms with van der Waals surface area (Å²) in [6, 6.07) is 65.4. The maximum Gasteiger partial charge on any atom is -0.0172 e. The second-order valence-electron chi connectivity index (χ2n) is 10.6. The molecule has 0 aliphatic rings. The van der Waals surface area contributed by atoms with Crippen LogP contribution in [0.5, 0.6) is 0 Å². The Morgan fingerprint density at radius 1 is 0.143 bits per heavy atom. The van der Waals surface area contributed by atoms with E-state index in [9.17, 15) is 0 Å². The Kier molecular flexibility index (Phi) is 17.3. The lowest BCUT2D eigenvalue weighted by atomic mass is 9.91. The number of halogens is 7. The summed E-state index contributed by atoms with van der Waals surface area (Å²) in [5.74, 6) is 0. The average molecular weight is 675 g/mol. The molecule has 0 saturated heterocycles. The van der Waals surface area contributed by atoms with Gasteiger partial charge >= 0.3 is 0 Å². The minimum atomic E-state index is 0. The molecule has 254 valence electrons. The first kappa shape index (κ1) is 43.0. The number of rotatable bonds is 6. The molecule has 49 heavy (non-hydrogen) atoms. The van der Waals surface area contributed by atoms with Crippen LogP contribution in [0.15, 0.2) is 182 Å². The van der Waals surface area contributed by atoms with Gasteiger partial charge in [-0.25, -0.2) is 0 Å². The van der Waals surface area contributed by atoms with Gasteiger partial charge in [-0.05, 0) is 85.0 Å². The molecule has 0 unspecified atom stereocenters. The predicted molar refractivity (Wildman–Crippen MR) is 197 cm³/mol. The zero-order valence-corrected chi connectivity index (χ0v) is 26.2. The second-order valence-corrected chi connectivity index (χ2v) is 10.6. The highest BCUT2D eigenvalue weighted by atomic mass is 19.0. The zero-order valence-electron chi connectivity index (χ0n) is 26.2. The maximum atomic E-state index is 2.32. The molecule has 0 bridgehead atoms. The predicted octanol–water partition coefficient (Wildman–Crippen LogP) is 12.8. The first-order valence-corrected chi connectivity index (χ1v) is 14.4. The Morgan fingerprint density at radius 3 is 0.469 bits per heavy atom. The molecule has 7 aromatic carbocycles. The smallest absolute Gasteiger partial charge is 0.0172 e. The Labute approximate surface area is 281 Å². The molecule has 0 saturated carbocycles. The van der Waals surface area contributed by atoms with Gasteiger partial charge in [0.2, 0.25) is 0 Å². The summed E-state index contributed by atoms with van der Waals surface area (Å²) in [7, 11) is 0. The van der Waals surface area contributed by atoms with Crippen LogP contribution in [-0.2, 0) is 0 Å². The van der Waals surface area contributed by atoms with Crippen molar-refractivity contribution in [2.24, 2.45) is 0 Å². The molecule has 0 atom stereocenters. The zero-order chi connectivity index (χ0) is 28.1. The maximum absolute atomic E-state index is 2.32. The van der Waals surface area contributed by atoms with Crippen LogP contribution in [0.3, 0.4) is 0 Å². The summed E-state index contributed by atoms with van der Waals surface area (Å²) in [6.07, 6.45) is 0. The molecule has 0 heterocycles. The van der Waals surface area contributed by atoms with E-state index >= 15 is 0 Å². The lowest BCUT2D eigenvalue weighted by Gasteiger charge is -2.13. The lowest BCUT2D eigenvalue weighted by molar-refractivity contribution is 1.11. The summed E-state index contributed by atoms with van der Waals surface area (Å²) >= 11 is 0. The summed E-state index contributed by atoms with van der Waals surface area (Å²) in [4.78, 5) is 0. The molecule has 0 spiro atoms. The van der Waals surface area contributed by atoms with Gasteiger partial charge < -0.3 is 0 Å². The summed E-state index contributed by atoms with van der Waals surface area (Å²) in [5, 5.41) is 0. The molecule has 7 heteroatoms. The van der Waals surface area contributed by atoms with Crippen LogP contribution >= 0.6 is 0 Å². The summed E-state index contributed by atoms with van der Waals surface area (Å²) < 4.78 is 0. The average Bonchev–Trinajstić information content (AvgIpc) is 3.09. The van der Waals surface area contributed by atoms with E-state index in [2.05, 4.69) is 182 Å². The van der Waals surface area contributed by atoms with E-state index in [1.54, 1.807) is 0 Å². The van der Waals surface area contributed by atoms with E-state index in [0.29, 0.717) is 0 Å². The van der Waals surface area contributed by atoms with Crippen molar-refractivity contribution in [1.29, 1.82) is 0 Å². The molecule has 0 nitrogen and oxygen atoms in total. The van der Waals surface area contributed by atoms with Crippen LogP contribution < -0.4 is 0 Å². The third-order valence-corrected chi connectivity index (χ3v) is 7.91. The molecule has 0 radical (unpaired) electrons. The van der Waals surface area contributed by atoms with Crippen molar-refractivity contribution < 1.29 is 32.9 Å². The Hall–Kier alpha value is -5.95. The van der Waals surface area contributed by atoms with E-state index in [4.69, 9.17) is 0 Å². The first-order chi connectivity index (χ1) is 20.8. The first-order valence-electron chi connectivity index (χ1n) is 14.4. The molecule has 7 rings (SSSR count). The lowest BCUT2D eigenvalue weighted by Crippen LogP contribution is -1.87. The highest BCUT2D eigenvalue weighted by molar-refractivity contribution is 5.83. The van der Waals surface area contributed by atoms with Gasteiger partial charge in [0.15, 0.2) is 0 Å². The normalized spacial score (nSPS) is 9.31. The van der Waals surface area contributed by atoms with Gasteiger partial charge in [0.05, 0.1) is 0 Å². The monoisotopic (exact) mass is 674 g/mol. The molecule has 7 aromatic rings. The van der Waals surface area contributed by atoms with Crippen LogP contribution in [0.1, 0.15) is 0 Å². The fourth-order valence-electron chi connectivity index (χ4n) is 5.58. The van der Waals surface area contributed by atoms with Crippen LogP contribution in [0.4, 0.5) is 32.9 Å². The van der Waals surface area contributed by atoms with E-state index in [1.807, 2.05) is 0 Å². The van der Waals surface area contributed by atoms with E-state index in [0.717, 1.165) is 0 Å². The second kappa shape index (κ2) is 19.7. The molecule has 0 N–H and O–H groups in total. The minimum Gasteiger partial charge on any atom is -0.269 e. The molecule has 0 fully saturated rings. The third kappa shape index (κ3) is 9.55. The Bertz CT molecular complexity index is 1690. The van der Waals surface area contributed by atoms with Crippen molar-refractivity contribution in [3.63, 3.8) is 0 Å². The number of hydrogen-bond donors (Lipinski definition) is 0. The van der Waals surface area contributed by atoms with Gasteiger partial charge in [0, 0.05) is 0 Å². The van der Waals surface area contributed by atoms with Gasteiger partial charge in [0.1, 0.15) is 0 Å². The fourth-order valence-corrected chi connectivity index (χ4v) is 5.58.